The van der Waals surface area contributed by atoms with E-state index in [1.807, 2.05) is 24.3 Å². The highest BCUT2D eigenvalue weighted by Crippen LogP contribution is 2.37. The van der Waals surface area contributed by atoms with Crippen LogP contribution < -0.4 is 16.4 Å². The van der Waals surface area contributed by atoms with Crippen molar-refractivity contribution >= 4 is 28.5 Å². The fourth-order valence-corrected chi connectivity index (χ4v) is 4.76. The van der Waals surface area contributed by atoms with Gasteiger partial charge >= 0.3 is 0 Å². The number of para-hydroxylation sites is 1. The highest BCUT2D eigenvalue weighted by molar-refractivity contribution is 6.01. The molecule has 5 N–H and O–H groups in total. The molecule has 0 radical (unpaired) electrons. The Kier molecular flexibility index (Phi) is 5.81. The van der Waals surface area contributed by atoms with Crippen LogP contribution in [0.3, 0.4) is 0 Å². The van der Waals surface area contributed by atoms with Gasteiger partial charge in [-0.25, -0.2) is 4.98 Å². The lowest BCUT2D eigenvalue weighted by Crippen LogP contribution is -2.47. The summed E-state index contributed by atoms with van der Waals surface area (Å²) in [5.41, 5.74) is 7.04. The van der Waals surface area contributed by atoms with E-state index < -0.39 is 0 Å². The van der Waals surface area contributed by atoms with E-state index in [9.17, 15) is 0 Å². The van der Waals surface area contributed by atoms with Crippen molar-refractivity contribution < 1.29 is 0 Å². The van der Waals surface area contributed by atoms with Crippen molar-refractivity contribution in [1.82, 2.24) is 14.9 Å². The Balaban J connectivity index is 1.55. The Morgan fingerprint density at radius 3 is 2.73 bits per heavy atom. The van der Waals surface area contributed by atoms with E-state index in [4.69, 9.17) is 16.4 Å². The molecule has 3 heterocycles. The van der Waals surface area contributed by atoms with E-state index in [1.165, 1.54) is 12.8 Å². The number of anilines is 2. The third-order valence-electron chi connectivity index (χ3n) is 5.93. The number of hydrogen-bond donors (Lipinski definition) is 4. The lowest BCUT2D eigenvalue weighted by atomic mass is 9.97. The minimum Gasteiger partial charge on any atom is -0.402 e. The van der Waals surface area contributed by atoms with Crippen LogP contribution in [0.25, 0.3) is 10.9 Å². The van der Waals surface area contributed by atoms with E-state index in [-0.39, 0.29) is 5.84 Å². The standard InChI is InChI=1S/C22H28N8/c1-14(24)11-20(25)28-22-27-19-6-3-2-5-18(19)21(29-22)26-15-12-16-7-8-17(13-15)30(16)10-4-9-23/h2-3,5-6,11,15-17H,4,7-8,10,12-13,24H2,1H3,(H3,25,26,27,28,29)/b14-11-/t15-,16-,17+. The summed E-state index contributed by atoms with van der Waals surface area (Å²) < 4.78 is 0. The second kappa shape index (κ2) is 8.67. The minimum atomic E-state index is 0.153. The van der Waals surface area contributed by atoms with Gasteiger partial charge in [0.2, 0.25) is 5.95 Å². The molecule has 2 aromatic rings. The van der Waals surface area contributed by atoms with Crippen molar-refractivity contribution in [2.75, 3.05) is 17.2 Å². The van der Waals surface area contributed by atoms with Gasteiger partial charge in [-0.15, -0.1) is 0 Å². The van der Waals surface area contributed by atoms with Gasteiger partial charge in [0.1, 0.15) is 11.7 Å². The highest BCUT2D eigenvalue weighted by atomic mass is 15.2. The number of nitrogens with two attached hydrogens (primary N) is 1. The molecule has 8 heteroatoms. The zero-order chi connectivity index (χ0) is 21.1. The van der Waals surface area contributed by atoms with Crippen LogP contribution in [0.1, 0.15) is 39.0 Å². The van der Waals surface area contributed by atoms with Gasteiger partial charge in [0.15, 0.2) is 0 Å². The molecule has 1 aromatic carbocycles. The van der Waals surface area contributed by atoms with Crippen LogP contribution in [0.4, 0.5) is 11.8 Å². The molecule has 2 saturated heterocycles. The first-order valence-electron chi connectivity index (χ1n) is 10.5. The normalized spacial score (nSPS) is 23.9. The number of rotatable bonds is 6. The predicted octanol–water partition coefficient (Wildman–Crippen LogP) is 3.20. The molecule has 2 aliphatic heterocycles. The molecule has 30 heavy (non-hydrogen) atoms. The molecule has 2 bridgehead atoms. The molecule has 156 valence electrons. The summed E-state index contributed by atoms with van der Waals surface area (Å²) in [4.78, 5) is 11.8. The van der Waals surface area contributed by atoms with Crippen LogP contribution in [0.2, 0.25) is 0 Å². The first kappa shape index (κ1) is 20.1. The Morgan fingerprint density at radius 2 is 2.03 bits per heavy atom. The fraction of sp³-hybridized carbons (Fsp3) is 0.455. The Morgan fingerprint density at radius 1 is 1.30 bits per heavy atom. The van der Waals surface area contributed by atoms with Crippen LogP contribution in [0.15, 0.2) is 36.0 Å². The van der Waals surface area contributed by atoms with Gasteiger partial charge < -0.3 is 16.4 Å². The number of nitrogens with zero attached hydrogens (tertiary/aromatic N) is 4. The molecule has 4 rings (SSSR count). The van der Waals surface area contributed by atoms with E-state index >= 15 is 0 Å². The van der Waals surface area contributed by atoms with Crippen molar-refractivity contribution in [2.45, 2.75) is 57.2 Å². The molecule has 0 saturated carbocycles. The second-order valence-electron chi connectivity index (χ2n) is 8.18. The molecule has 0 aliphatic carbocycles. The largest absolute Gasteiger partial charge is 0.402 e. The molecule has 2 aliphatic rings. The van der Waals surface area contributed by atoms with E-state index in [0.717, 1.165) is 36.1 Å². The maximum atomic E-state index is 8.94. The summed E-state index contributed by atoms with van der Waals surface area (Å²) in [5.74, 6) is 1.33. The van der Waals surface area contributed by atoms with Crippen LogP contribution in [0, 0.1) is 16.7 Å². The monoisotopic (exact) mass is 404 g/mol. The first-order valence-corrected chi connectivity index (χ1v) is 10.5. The van der Waals surface area contributed by atoms with Gasteiger partial charge in [0, 0.05) is 42.2 Å². The number of benzene rings is 1. The Bertz CT molecular complexity index is 990. The zero-order valence-electron chi connectivity index (χ0n) is 17.2. The van der Waals surface area contributed by atoms with Crippen molar-refractivity contribution in [3.05, 3.63) is 36.0 Å². The lowest BCUT2D eigenvalue weighted by molar-refractivity contribution is 0.136. The number of nitrogens with one attached hydrogen (secondary N) is 3. The SMILES string of the molecule is C/C(N)=C/C(=N)Nc1nc(N[C@@H]2C[C@H]3CC[C@@H](C2)N3CCC#N)c2ccccc2n1. The summed E-state index contributed by atoms with van der Waals surface area (Å²) in [6, 6.07) is 11.6. The summed E-state index contributed by atoms with van der Waals surface area (Å²) in [6.07, 6.45) is 6.64. The molecule has 1 aromatic heterocycles. The Hall–Kier alpha value is -3.18. The third-order valence-corrected chi connectivity index (χ3v) is 5.93. The fourth-order valence-electron chi connectivity index (χ4n) is 4.76. The van der Waals surface area contributed by atoms with E-state index in [0.29, 0.717) is 36.2 Å². The smallest absolute Gasteiger partial charge is 0.230 e. The molecule has 3 atom stereocenters. The summed E-state index contributed by atoms with van der Waals surface area (Å²) in [5, 5.41) is 24.5. The molecular weight excluding hydrogens is 376 g/mol. The molecule has 2 fully saturated rings. The molecule has 8 nitrogen and oxygen atoms in total. The average Bonchev–Trinajstić information content (AvgIpc) is 2.93. The summed E-state index contributed by atoms with van der Waals surface area (Å²) >= 11 is 0. The Labute approximate surface area is 176 Å². The number of amidine groups is 1. The van der Waals surface area contributed by atoms with Gasteiger partial charge in [-0.1, -0.05) is 12.1 Å². The summed E-state index contributed by atoms with van der Waals surface area (Å²) in [7, 11) is 0. The molecule has 0 unspecified atom stereocenters. The number of hydrogen-bond acceptors (Lipinski definition) is 7. The van der Waals surface area contributed by atoms with E-state index in [1.54, 1.807) is 13.0 Å². The number of fused-ring (bicyclic) bond motifs is 3. The highest BCUT2D eigenvalue weighted by Gasteiger charge is 2.40. The second-order valence-corrected chi connectivity index (χ2v) is 8.18. The van der Waals surface area contributed by atoms with Gasteiger partial charge in [-0.05, 0) is 50.8 Å². The van der Waals surface area contributed by atoms with Gasteiger partial charge in [-0.2, -0.15) is 10.2 Å². The van der Waals surface area contributed by atoms with Crippen molar-refractivity contribution in [3.8, 4) is 6.07 Å². The summed E-state index contributed by atoms with van der Waals surface area (Å²) in [6.45, 7) is 2.61. The van der Waals surface area contributed by atoms with Gasteiger partial charge in [-0.3, -0.25) is 10.3 Å². The molecule has 0 spiro atoms. The van der Waals surface area contributed by atoms with Crippen molar-refractivity contribution in [3.63, 3.8) is 0 Å². The molecule has 0 amide bonds. The quantitative estimate of drug-likeness (QED) is 0.430. The average molecular weight is 405 g/mol. The van der Waals surface area contributed by atoms with E-state index in [2.05, 4.69) is 31.6 Å². The van der Waals surface area contributed by atoms with Crippen LogP contribution >= 0.6 is 0 Å². The zero-order valence-corrected chi connectivity index (χ0v) is 17.2. The number of piperidine rings is 1. The van der Waals surface area contributed by atoms with Crippen LogP contribution in [-0.2, 0) is 0 Å². The number of nitriles is 1. The van der Waals surface area contributed by atoms with Crippen LogP contribution in [-0.4, -0.2) is 45.4 Å². The first-order chi connectivity index (χ1) is 14.5. The van der Waals surface area contributed by atoms with Crippen molar-refractivity contribution in [1.29, 1.82) is 10.7 Å². The number of aromatic nitrogens is 2. The minimum absolute atomic E-state index is 0.153. The maximum Gasteiger partial charge on any atom is 0.230 e. The maximum absolute atomic E-state index is 8.94. The van der Waals surface area contributed by atoms with Gasteiger partial charge in [0.25, 0.3) is 0 Å². The van der Waals surface area contributed by atoms with Crippen LogP contribution in [0.5, 0.6) is 0 Å². The van der Waals surface area contributed by atoms with Gasteiger partial charge in [0.05, 0.1) is 11.6 Å². The molecular formula is C22H28N8. The lowest BCUT2D eigenvalue weighted by Gasteiger charge is -2.39. The predicted molar refractivity (Wildman–Crippen MR) is 119 cm³/mol. The van der Waals surface area contributed by atoms with Crippen molar-refractivity contribution in [2.24, 2.45) is 5.73 Å². The third kappa shape index (κ3) is 4.36. The number of allylic oxidation sites excluding steroid dienone is 1. The topological polar surface area (TPSA) is 127 Å².